The van der Waals surface area contributed by atoms with Gasteiger partial charge in [0, 0.05) is 12.8 Å². The van der Waals surface area contributed by atoms with Crippen LogP contribution in [0.3, 0.4) is 0 Å². The predicted molar refractivity (Wildman–Crippen MR) is 85.7 cm³/mol. The maximum Gasteiger partial charge on any atom is 0.442 e. The molecule has 2 aromatic carbocycles. The molecule has 2 N–H and O–H groups in total. The van der Waals surface area contributed by atoms with Crippen LogP contribution in [0.5, 0.6) is 0 Å². The van der Waals surface area contributed by atoms with Crippen molar-refractivity contribution >= 4 is 15.8 Å². The third-order valence-electron chi connectivity index (χ3n) is 3.05. The Kier molecular flexibility index (Phi) is 5.30. The van der Waals surface area contributed by atoms with Crippen LogP contribution in [-0.4, -0.2) is 16.6 Å². The summed E-state index contributed by atoms with van der Waals surface area (Å²) < 4.78 is 21.4. The quantitative estimate of drug-likeness (QED) is 0.939. The van der Waals surface area contributed by atoms with Crippen LogP contribution in [0.1, 0.15) is 11.1 Å². The lowest BCUT2D eigenvalue weighted by Crippen LogP contribution is -2.09. The van der Waals surface area contributed by atoms with E-state index in [-0.39, 0.29) is 13.2 Å². The zero-order valence-corrected chi connectivity index (χ0v) is 13.1. The van der Waals surface area contributed by atoms with Crippen LogP contribution in [0.4, 0.5) is 4.79 Å². The van der Waals surface area contributed by atoms with Crippen LogP contribution in [0.15, 0.2) is 63.9 Å². The van der Waals surface area contributed by atoms with Crippen LogP contribution in [0, 0.1) is 0 Å². The molecule has 1 unspecified atom stereocenters. The van der Waals surface area contributed by atoms with Gasteiger partial charge < -0.3 is 10.5 Å². The average Bonchev–Trinajstić information content (AvgIpc) is 2.53. The van der Waals surface area contributed by atoms with Gasteiger partial charge in [0.25, 0.3) is 0 Å². The topological polar surface area (TPSA) is 81.8 Å². The first-order valence-corrected chi connectivity index (χ1v) is 8.66. The van der Waals surface area contributed by atoms with Gasteiger partial charge in [-0.15, -0.1) is 4.36 Å². The van der Waals surface area contributed by atoms with E-state index in [1.165, 1.54) is 6.26 Å². The molecule has 0 aliphatic carbocycles. The molecule has 0 fully saturated rings. The number of hydrogen-bond acceptors (Lipinski definition) is 4. The molecule has 0 heterocycles. The molecule has 0 spiro atoms. The molecule has 0 saturated heterocycles. The molecule has 22 heavy (non-hydrogen) atoms. The normalized spacial score (nSPS) is 13.2. The van der Waals surface area contributed by atoms with E-state index in [0.717, 1.165) is 5.56 Å². The summed E-state index contributed by atoms with van der Waals surface area (Å²) in [7, 11) is -2.89. The van der Waals surface area contributed by atoms with Crippen LogP contribution >= 0.6 is 0 Å². The molecule has 0 bridgehead atoms. The van der Waals surface area contributed by atoms with Gasteiger partial charge in [0.15, 0.2) is 0 Å². The van der Waals surface area contributed by atoms with Crippen molar-refractivity contribution in [1.29, 1.82) is 0 Å². The Balaban J connectivity index is 2.16. The SMILES string of the molecule is CS(=O)(=NC(=O)OCc1ccccc1)c1ccccc1CN. The lowest BCUT2D eigenvalue weighted by Gasteiger charge is -2.09. The molecule has 0 aliphatic heterocycles. The van der Waals surface area contributed by atoms with Crippen LogP contribution < -0.4 is 5.73 Å². The Labute approximate surface area is 130 Å². The third kappa shape index (κ3) is 4.16. The highest BCUT2D eigenvalue weighted by Crippen LogP contribution is 2.17. The van der Waals surface area contributed by atoms with Crippen molar-refractivity contribution in [2.75, 3.05) is 6.26 Å². The second-order valence-electron chi connectivity index (χ2n) is 4.75. The first-order valence-electron chi connectivity index (χ1n) is 6.74. The van der Waals surface area contributed by atoms with Crippen molar-refractivity contribution in [1.82, 2.24) is 0 Å². The first kappa shape index (κ1) is 16.2. The van der Waals surface area contributed by atoms with Gasteiger partial charge in [-0.25, -0.2) is 9.00 Å². The molecule has 1 atom stereocenters. The molecule has 1 amide bonds. The third-order valence-corrected chi connectivity index (χ3v) is 4.77. The fourth-order valence-corrected chi connectivity index (χ4v) is 3.38. The van der Waals surface area contributed by atoms with E-state index >= 15 is 0 Å². The molecule has 2 rings (SSSR count). The minimum Gasteiger partial charge on any atom is -0.443 e. The number of benzene rings is 2. The smallest absolute Gasteiger partial charge is 0.442 e. The summed E-state index contributed by atoms with van der Waals surface area (Å²) in [5.74, 6) is 0. The van der Waals surface area contributed by atoms with E-state index in [0.29, 0.717) is 10.5 Å². The molecule has 0 saturated carbocycles. The first-order chi connectivity index (χ1) is 10.5. The van der Waals surface area contributed by atoms with Crippen molar-refractivity contribution in [2.24, 2.45) is 10.1 Å². The fraction of sp³-hybridized carbons (Fsp3) is 0.188. The number of nitrogens with two attached hydrogens (primary N) is 1. The summed E-state index contributed by atoms with van der Waals surface area (Å²) in [5, 5.41) is 0. The highest BCUT2D eigenvalue weighted by atomic mass is 32.2. The average molecular weight is 318 g/mol. The van der Waals surface area contributed by atoms with E-state index in [9.17, 15) is 9.00 Å². The minimum atomic E-state index is -2.89. The van der Waals surface area contributed by atoms with Crippen LogP contribution in [-0.2, 0) is 27.6 Å². The summed E-state index contributed by atoms with van der Waals surface area (Å²) in [6, 6.07) is 16.2. The Morgan fingerprint density at radius 2 is 1.77 bits per heavy atom. The van der Waals surface area contributed by atoms with Crippen molar-refractivity contribution in [3.05, 3.63) is 65.7 Å². The number of rotatable bonds is 4. The maximum atomic E-state index is 12.7. The number of ether oxygens (including phenoxy) is 1. The number of amides is 1. The van der Waals surface area contributed by atoms with Crippen LogP contribution in [0.2, 0.25) is 0 Å². The monoisotopic (exact) mass is 318 g/mol. The largest absolute Gasteiger partial charge is 0.443 e. The van der Waals surface area contributed by atoms with Gasteiger partial charge in [0.1, 0.15) is 6.61 Å². The molecule has 0 aromatic heterocycles. The van der Waals surface area contributed by atoms with Gasteiger partial charge >= 0.3 is 6.09 Å². The molecule has 0 radical (unpaired) electrons. The van der Waals surface area contributed by atoms with Gasteiger partial charge in [-0.3, -0.25) is 0 Å². The molecule has 116 valence electrons. The zero-order chi connectivity index (χ0) is 16.0. The number of carbonyl (C=O) groups excluding carboxylic acids is 1. The predicted octanol–water partition coefficient (Wildman–Crippen LogP) is 2.94. The lowest BCUT2D eigenvalue weighted by atomic mass is 10.2. The van der Waals surface area contributed by atoms with Gasteiger partial charge in [-0.1, -0.05) is 48.5 Å². The Bertz CT molecular complexity index is 766. The molecular formula is C16H18N2O3S. The van der Waals surface area contributed by atoms with Crippen molar-refractivity contribution in [3.63, 3.8) is 0 Å². The highest BCUT2D eigenvalue weighted by Gasteiger charge is 2.13. The van der Waals surface area contributed by atoms with Crippen LogP contribution in [0.25, 0.3) is 0 Å². The van der Waals surface area contributed by atoms with E-state index in [4.69, 9.17) is 10.5 Å². The Morgan fingerprint density at radius 1 is 1.14 bits per heavy atom. The summed E-state index contributed by atoms with van der Waals surface area (Å²) in [4.78, 5) is 12.3. The summed E-state index contributed by atoms with van der Waals surface area (Å²) >= 11 is 0. The number of hydrogen-bond donors (Lipinski definition) is 1. The van der Waals surface area contributed by atoms with Gasteiger partial charge in [-0.05, 0) is 17.2 Å². The van der Waals surface area contributed by atoms with Crippen molar-refractivity contribution in [3.8, 4) is 0 Å². The zero-order valence-electron chi connectivity index (χ0n) is 12.3. The molecule has 0 aliphatic rings. The summed E-state index contributed by atoms with van der Waals surface area (Å²) in [6.45, 7) is 0.326. The van der Waals surface area contributed by atoms with Crippen molar-refractivity contribution in [2.45, 2.75) is 18.0 Å². The second-order valence-corrected chi connectivity index (χ2v) is 6.97. The van der Waals surface area contributed by atoms with Crippen molar-refractivity contribution < 1.29 is 13.7 Å². The van der Waals surface area contributed by atoms with E-state index in [1.807, 2.05) is 30.3 Å². The van der Waals surface area contributed by atoms with E-state index in [2.05, 4.69) is 4.36 Å². The number of carbonyl (C=O) groups is 1. The number of nitrogens with zero attached hydrogens (tertiary/aromatic N) is 1. The van der Waals surface area contributed by atoms with Gasteiger partial charge in [0.2, 0.25) is 0 Å². The van der Waals surface area contributed by atoms with E-state index in [1.54, 1.807) is 24.3 Å². The lowest BCUT2D eigenvalue weighted by molar-refractivity contribution is 0.151. The highest BCUT2D eigenvalue weighted by molar-refractivity contribution is 7.93. The minimum absolute atomic E-state index is 0.0945. The summed E-state index contributed by atoms with van der Waals surface area (Å²) in [5.41, 5.74) is 7.18. The van der Waals surface area contributed by atoms with Gasteiger partial charge in [0.05, 0.1) is 14.6 Å². The molecule has 5 nitrogen and oxygen atoms in total. The van der Waals surface area contributed by atoms with E-state index < -0.39 is 15.8 Å². The fourth-order valence-electron chi connectivity index (χ4n) is 1.98. The maximum absolute atomic E-state index is 12.7. The standard InChI is InChI=1S/C16H18N2O3S/c1-22(20,15-10-6-5-9-14(15)11-17)18-16(19)21-12-13-7-3-2-4-8-13/h2-10H,11-12,17H2,1H3. The Morgan fingerprint density at radius 3 is 2.45 bits per heavy atom. The van der Waals surface area contributed by atoms with Gasteiger partial charge in [-0.2, -0.15) is 0 Å². The summed E-state index contributed by atoms with van der Waals surface area (Å²) in [6.07, 6.45) is 0.564. The molecular weight excluding hydrogens is 300 g/mol. The second kappa shape index (κ2) is 7.20. The molecule has 6 heteroatoms. The molecule has 2 aromatic rings. The Hall–Kier alpha value is -2.18.